The third kappa shape index (κ3) is 14.4. The molecule has 1 rings (SSSR count). The number of unbranched alkanes of at least 4 members (excludes halogenated alkanes) is 14. The van der Waals surface area contributed by atoms with Crippen molar-refractivity contribution >= 4 is 15.9 Å². The van der Waals surface area contributed by atoms with Crippen LogP contribution in [0.1, 0.15) is 103 Å². The van der Waals surface area contributed by atoms with E-state index in [9.17, 15) is 0 Å². The van der Waals surface area contributed by atoms with E-state index in [1.165, 1.54) is 102 Å². The number of hydrogen-bond donors (Lipinski definition) is 0. The monoisotopic (exact) mass is 390 g/mol. The van der Waals surface area contributed by atoms with E-state index >= 15 is 0 Å². The van der Waals surface area contributed by atoms with Crippen molar-refractivity contribution in [2.24, 2.45) is 0 Å². The molecule has 23 heavy (non-hydrogen) atoms. The van der Waals surface area contributed by atoms with Gasteiger partial charge in [-0.15, -0.1) is 0 Å². The van der Waals surface area contributed by atoms with Crippen LogP contribution in [0, 0.1) is 0 Å². The molecule has 0 atom stereocenters. The summed E-state index contributed by atoms with van der Waals surface area (Å²) < 4.78 is 10.9. The minimum absolute atomic E-state index is 0.111. The SMILES string of the molecule is BrCCCCCCCCCCCCCCCCCC1OCCO1. The molecule has 1 fully saturated rings. The highest BCUT2D eigenvalue weighted by Crippen LogP contribution is 2.16. The largest absolute Gasteiger partial charge is 0.350 e. The molecule has 0 amide bonds. The van der Waals surface area contributed by atoms with Crippen LogP contribution in [-0.4, -0.2) is 24.8 Å². The van der Waals surface area contributed by atoms with Crippen molar-refractivity contribution in [3.05, 3.63) is 0 Å². The van der Waals surface area contributed by atoms with Gasteiger partial charge in [0.2, 0.25) is 0 Å². The van der Waals surface area contributed by atoms with Crippen LogP contribution in [0.25, 0.3) is 0 Å². The summed E-state index contributed by atoms with van der Waals surface area (Å²) in [4.78, 5) is 0. The Morgan fingerprint density at radius 1 is 0.522 bits per heavy atom. The summed E-state index contributed by atoms with van der Waals surface area (Å²) in [5.74, 6) is 0. The minimum Gasteiger partial charge on any atom is -0.350 e. The first-order valence-corrected chi connectivity index (χ1v) is 11.3. The van der Waals surface area contributed by atoms with Crippen molar-refractivity contribution in [2.75, 3.05) is 18.5 Å². The Hall–Kier alpha value is 0.400. The zero-order chi connectivity index (χ0) is 16.4. The number of halogens is 1. The molecule has 0 spiro atoms. The lowest BCUT2D eigenvalue weighted by molar-refractivity contribution is -0.0480. The Labute approximate surface area is 153 Å². The molecule has 1 aliphatic heterocycles. The first kappa shape index (κ1) is 21.4. The molecule has 0 unspecified atom stereocenters. The van der Waals surface area contributed by atoms with Gasteiger partial charge in [-0.25, -0.2) is 0 Å². The molecule has 0 aliphatic carbocycles. The number of alkyl halides is 1. The Kier molecular flexibility index (Phi) is 16.1. The molecule has 0 N–H and O–H groups in total. The van der Waals surface area contributed by atoms with Gasteiger partial charge in [0.25, 0.3) is 0 Å². The van der Waals surface area contributed by atoms with Crippen LogP contribution in [0.3, 0.4) is 0 Å². The maximum Gasteiger partial charge on any atom is 0.157 e. The van der Waals surface area contributed by atoms with Gasteiger partial charge in [0, 0.05) is 5.33 Å². The third-order valence-electron chi connectivity index (χ3n) is 4.76. The van der Waals surface area contributed by atoms with E-state index in [0.717, 1.165) is 19.6 Å². The zero-order valence-electron chi connectivity index (χ0n) is 15.2. The first-order chi connectivity index (χ1) is 11.4. The number of hydrogen-bond acceptors (Lipinski definition) is 2. The Balaban J connectivity index is 1.64. The topological polar surface area (TPSA) is 18.5 Å². The molecular formula is C20H39BrO2. The fraction of sp³-hybridized carbons (Fsp3) is 1.00. The summed E-state index contributed by atoms with van der Waals surface area (Å²) in [6.07, 6.45) is 22.4. The van der Waals surface area contributed by atoms with Gasteiger partial charge in [0.05, 0.1) is 13.2 Å². The Morgan fingerprint density at radius 3 is 1.26 bits per heavy atom. The maximum absolute atomic E-state index is 5.45. The van der Waals surface area contributed by atoms with Crippen LogP contribution in [0.2, 0.25) is 0 Å². The molecule has 1 heterocycles. The maximum atomic E-state index is 5.45. The fourth-order valence-corrected chi connectivity index (χ4v) is 3.67. The van der Waals surface area contributed by atoms with Crippen molar-refractivity contribution < 1.29 is 9.47 Å². The smallest absolute Gasteiger partial charge is 0.157 e. The first-order valence-electron chi connectivity index (χ1n) is 10.2. The Bertz CT molecular complexity index is 230. The van der Waals surface area contributed by atoms with Gasteiger partial charge in [0.15, 0.2) is 6.29 Å². The molecule has 1 aliphatic rings. The van der Waals surface area contributed by atoms with Gasteiger partial charge in [-0.3, -0.25) is 0 Å². The minimum atomic E-state index is 0.111. The van der Waals surface area contributed by atoms with Crippen molar-refractivity contribution in [1.82, 2.24) is 0 Å². The molecular weight excluding hydrogens is 352 g/mol. The van der Waals surface area contributed by atoms with Crippen molar-refractivity contribution in [1.29, 1.82) is 0 Å². The average Bonchev–Trinajstić information content (AvgIpc) is 3.08. The zero-order valence-corrected chi connectivity index (χ0v) is 16.8. The van der Waals surface area contributed by atoms with Crippen LogP contribution < -0.4 is 0 Å². The third-order valence-corrected chi connectivity index (χ3v) is 5.33. The quantitative estimate of drug-likeness (QED) is 0.196. The highest BCUT2D eigenvalue weighted by Gasteiger charge is 2.14. The normalized spacial score (nSPS) is 15.5. The van der Waals surface area contributed by atoms with Gasteiger partial charge >= 0.3 is 0 Å². The summed E-state index contributed by atoms with van der Waals surface area (Å²) in [6.45, 7) is 1.59. The van der Waals surface area contributed by atoms with Crippen LogP contribution in [0.4, 0.5) is 0 Å². The molecule has 2 nitrogen and oxygen atoms in total. The fourth-order valence-electron chi connectivity index (χ4n) is 3.28. The van der Waals surface area contributed by atoms with Crippen molar-refractivity contribution in [2.45, 2.75) is 109 Å². The van der Waals surface area contributed by atoms with E-state index in [2.05, 4.69) is 15.9 Å². The molecule has 138 valence electrons. The summed E-state index contributed by atoms with van der Waals surface area (Å²) in [6, 6.07) is 0. The lowest BCUT2D eigenvalue weighted by Gasteiger charge is -2.08. The molecule has 0 aromatic heterocycles. The predicted octanol–water partition coefficient (Wildman–Crippen LogP) is 7.00. The highest BCUT2D eigenvalue weighted by molar-refractivity contribution is 9.09. The van der Waals surface area contributed by atoms with Gasteiger partial charge < -0.3 is 9.47 Å². The predicted molar refractivity (Wildman–Crippen MR) is 103 cm³/mol. The molecule has 0 aromatic carbocycles. The molecule has 0 radical (unpaired) electrons. The van der Waals surface area contributed by atoms with Crippen LogP contribution in [0.15, 0.2) is 0 Å². The molecule has 0 bridgehead atoms. The second-order valence-corrected chi connectivity index (χ2v) is 7.75. The summed E-state index contributed by atoms with van der Waals surface area (Å²) >= 11 is 3.49. The van der Waals surface area contributed by atoms with E-state index in [4.69, 9.17) is 9.47 Å². The molecule has 0 saturated carbocycles. The van der Waals surface area contributed by atoms with Crippen molar-refractivity contribution in [3.63, 3.8) is 0 Å². The van der Waals surface area contributed by atoms with Crippen molar-refractivity contribution in [3.8, 4) is 0 Å². The molecule has 3 heteroatoms. The van der Waals surface area contributed by atoms with Gasteiger partial charge in [-0.1, -0.05) is 99.4 Å². The Morgan fingerprint density at radius 2 is 0.870 bits per heavy atom. The van der Waals surface area contributed by atoms with Crippen LogP contribution in [-0.2, 0) is 9.47 Å². The van der Waals surface area contributed by atoms with Gasteiger partial charge in [-0.05, 0) is 19.3 Å². The second-order valence-electron chi connectivity index (χ2n) is 6.95. The number of rotatable bonds is 17. The van der Waals surface area contributed by atoms with Gasteiger partial charge in [0.1, 0.15) is 0 Å². The molecule has 0 aromatic rings. The van der Waals surface area contributed by atoms with E-state index in [0.29, 0.717) is 0 Å². The standard InChI is InChI=1S/C20H39BrO2/c21-17-15-13-11-9-7-5-3-1-2-4-6-8-10-12-14-16-20-22-18-19-23-20/h20H,1-19H2. The van der Waals surface area contributed by atoms with E-state index in [1.807, 2.05) is 0 Å². The lowest BCUT2D eigenvalue weighted by Crippen LogP contribution is -2.06. The summed E-state index contributed by atoms with van der Waals surface area (Å²) in [7, 11) is 0. The number of ether oxygens (including phenoxy) is 2. The lowest BCUT2D eigenvalue weighted by atomic mass is 10.0. The molecule has 1 saturated heterocycles. The van der Waals surface area contributed by atoms with Crippen LogP contribution >= 0.6 is 15.9 Å². The van der Waals surface area contributed by atoms with E-state index in [1.54, 1.807) is 0 Å². The van der Waals surface area contributed by atoms with Gasteiger partial charge in [-0.2, -0.15) is 0 Å². The van der Waals surface area contributed by atoms with Crippen LogP contribution in [0.5, 0.6) is 0 Å². The average molecular weight is 391 g/mol. The second kappa shape index (κ2) is 17.2. The summed E-state index contributed by atoms with van der Waals surface area (Å²) in [5.41, 5.74) is 0. The van der Waals surface area contributed by atoms with E-state index < -0.39 is 0 Å². The highest BCUT2D eigenvalue weighted by atomic mass is 79.9. The summed E-state index contributed by atoms with van der Waals surface area (Å²) in [5, 5.41) is 1.18. The van der Waals surface area contributed by atoms with E-state index in [-0.39, 0.29) is 6.29 Å².